The molecule has 172 valence electrons. The van der Waals surface area contributed by atoms with Gasteiger partial charge in [0.1, 0.15) is 5.75 Å². The molecule has 0 aliphatic carbocycles. The van der Waals surface area contributed by atoms with Gasteiger partial charge in [-0.05, 0) is 35.8 Å². The highest BCUT2D eigenvalue weighted by atomic mass is 16.5. The van der Waals surface area contributed by atoms with Gasteiger partial charge in [0.05, 0.1) is 19.1 Å². The number of carbonyl (C=O) groups is 2. The van der Waals surface area contributed by atoms with Crippen LogP contribution >= 0.6 is 0 Å². The largest absolute Gasteiger partial charge is 0.507 e. The van der Waals surface area contributed by atoms with Crippen LogP contribution in [0.3, 0.4) is 0 Å². The van der Waals surface area contributed by atoms with Gasteiger partial charge < -0.3 is 19.6 Å². The zero-order chi connectivity index (χ0) is 23.0. The summed E-state index contributed by atoms with van der Waals surface area (Å²) >= 11 is 0. The van der Waals surface area contributed by atoms with Crippen LogP contribution in [0.25, 0.3) is 0 Å². The summed E-state index contributed by atoms with van der Waals surface area (Å²) < 4.78 is 5.36. The number of amides is 2. The van der Waals surface area contributed by atoms with Gasteiger partial charge in [-0.25, -0.2) is 0 Å². The van der Waals surface area contributed by atoms with E-state index in [2.05, 4.69) is 0 Å². The van der Waals surface area contributed by atoms with E-state index in [9.17, 15) is 14.7 Å². The Kier molecular flexibility index (Phi) is 6.70. The molecular formula is C25H38N2O4. The van der Waals surface area contributed by atoms with Crippen LogP contribution in [0.2, 0.25) is 0 Å². The Morgan fingerprint density at radius 2 is 1.48 bits per heavy atom. The predicted molar refractivity (Wildman–Crippen MR) is 122 cm³/mol. The number of phenolic OH excluding ortho intramolecular Hbond substituents is 1. The Hall–Kier alpha value is -2.08. The summed E-state index contributed by atoms with van der Waals surface area (Å²) in [7, 11) is 0. The molecule has 0 spiro atoms. The molecule has 2 aliphatic rings. The fourth-order valence-corrected chi connectivity index (χ4v) is 4.49. The standard InChI is InChI=1S/C25H38N2O4/c1-24(2,3)19-14-18(15-20(21(19)28)25(4,5)6)23(30)27-9-7-8-17(16-27)22(29)26-10-12-31-13-11-26/h14-15,17,28H,7-13,16H2,1-6H3. The molecule has 6 nitrogen and oxygen atoms in total. The maximum atomic E-state index is 13.5. The number of rotatable bonds is 2. The van der Waals surface area contributed by atoms with Crippen LogP contribution in [0.4, 0.5) is 0 Å². The number of carbonyl (C=O) groups excluding carboxylic acids is 2. The van der Waals surface area contributed by atoms with Crippen molar-refractivity contribution in [3.8, 4) is 5.75 Å². The molecule has 31 heavy (non-hydrogen) atoms. The average Bonchev–Trinajstić information content (AvgIpc) is 2.72. The highest BCUT2D eigenvalue weighted by Gasteiger charge is 2.34. The second-order valence-corrected chi connectivity index (χ2v) is 10.9. The number of piperidine rings is 1. The van der Waals surface area contributed by atoms with Crippen molar-refractivity contribution in [2.24, 2.45) is 5.92 Å². The molecule has 0 saturated carbocycles. The van der Waals surface area contributed by atoms with Gasteiger partial charge in [0, 0.05) is 42.9 Å². The van der Waals surface area contributed by atoms with Crippen molar-refractivity contribution >= 4 is 11.8 Å². The van der Waals surface area contributed by atoms with Gasteiger partial charge in [0.25, 0.3) is 5.91 Å². The third kappa shape index (κ3) is 5.22. The third-order valence-corrected chi connectivity index (χ3v) is 6.35. The maximum absolute atomic E-state index is 13.5. The molecule has 1 N–H and O–H groups in total. The lowest BCUT2D eigenvalue weighted by molar-refractivity contribution is -0.141. The first-order valence-corrected chi connectivity index (χ1v) is 11.4. The molecule has 2 aliphatic heterocycles. The SMILES string of the molecule is CC(C)(C)c1cc(C(=O)N2CCCC(C(=O)N3CCOCC3)C2)cc(C(C)(C)C)c1O. The first kappa shape index (κ1) is 23.6. The molecule has 0 bridgehead atoms. The van der Waals surface area contributed by atoms with Gasteiger partial charge in [-0.3, -0.25) is 9.59 Å². The zero-order valence-electron chi connectivity index (χ0n) is 20.0. The minimum atomic E-state index is -0.295. The van der Waals surface area contributed by atoms with E-state index in [1.807, 2.05) is 63.5 Å². The fourth-order valence-electron chi connectivity index (χ4n) is 4.49. The monoisotopic (exact) mass is 430 g/mol. The molecule has 2 saturated heterocycles. The second kappa shape index (κ2) is 8.81. The van der Waals surface area contributed by atoms with Gasteiger partial charge in [-0.15, -0.1) is 0 Å². The number of nitrogens with zero attached hydrogens (tertiary/aromatic N) is 2. The van der Waals surface area contributed by atoms with Crippen molar-refractivity contribution in [3.05, 3.63) is 28.8 Å². The molecule has 0 radical (unpaired) electrons. The Labute approximate surface area is 186 Å². The van der Waals surface area contributed by atoms with Gasteiger partial charge >= 0.3 is 0 Å². The summed E-state index contributed by atoms with van der Waals surface area (Å²) in [6.07, 6.45) is 1.64. The summed E-state index contributed by atoms with van der Waals surface area (Å²) in [6.45, 7) is 15.8. The first-order valence-electron chi connectivity index (χ1n) is 11.4. The number of ether oxygens (including phenoxy) is 1. The summed E-state index contributed by atoms with van der Waals surface area (Å²) in [5.74, 6) is 0.195. The van der Waals surface area contributed by atoms with Crippen molar-refractivity contribution in [2.75, 3.05) is 39.4 Å². The van der Waals surface area contributed by atoms with Crippen LogP contribution in [0.1, 0.15) is 75.9 Å². The van der Waals surface area contributed by atoms with Crippen molar-refractivity contribution < 1.29 is 19.4 Å². The van der Waals surface area contributed by atoms with E-state index < -0.39 is 0 Å². The highest BCUT2D eigenvalue weighted by Crippen LogP contribution is 2.40. The molecule has 1 unspecified atom stereocenters. The van der Waals surface area contributed by atoms with Gasteiger partial charge in [-0.1, -0.05) is 41.5 Å². The Bertz CT molecular complexity index is 794. The molecule has 1 aromatic rings. The Morgan fingerprint density at radius 3 is 2.00 bits per heavy atom. The molecular weight excluding hydrogens is 392 g/mol. The van der Waals surface area contributed by atoms with Gasteiger partial charge in [-0.2, -0.15) is 0 Å². The van der Waals surface area contributed by atoms with E-state index in [-0.39, 0.29) is 34.3 Å². The van der Waals surface area contributed by atoms with Crippen LogP contribution < -0.4 is 0 Å². The minimum absolute atomic E-state index is 0.0597. The Balaban J connectivity index is 1.87. The molecule has 2 heterocycles. The van der Waals surface area contributed by atoms with E-state index in [0.717, 1.165) is 24.0 Å². The smallest absolute Gasteiger partial charge is 0.253 e. The number of phenols is 1. The molecule has 2 fully saturated rings. The number of morpholine rings is 1. The summed E-state index contributed by atoms with van der Waals surface area (Å²) in [5.41, 5.74) is 1.56. The second-order valence-electron chi connectivity index (χ2n) is 10.9. The van der Waals surface area contributed by atoms with Crippen molar-refractivity contribution in [1.29, 1.82) is 0 Å². The first-order chi connectivity index (χ1) is 14.4. The highest BCUT2D eigenvalue weighted by molar-refractivity contribution is 5.95. The summed E-state index contributed by atoms with van der Waals surface area (Å²) in [4.78, 5) is 30.2. The van der Waals surface area contributed by atoms with Crippen molar-refractivity contribution in [3.63, 3.8) is 0 Å². The van der Waals surface area contributed by atoms with Crippen LogP contribution in [0, 0.1) is 5.92 Å². The summed E-state index contributed by atoms with van der Waals surface area (Å²) in [5, 5.41) is 11.0. The van der Waals surface area contributed by atoms with E-state index >= 15 is 0 Å². The number of likely N-dealkylation sites (tertiary alicyclic amines) is 1. The third-order valence-electron chi connectivity index (χ3n) is 6.35. The van der Waals surface area contributed by atoms with E-state index in [1.165, 1.54) is 0 Å². The topological polar surface area (TPSA) is 70.1 Å². The van der Waals surface area contributed by atoms with Gasteiger partial charge in [0.2, 0.25) is 5.91 Å². The fraction of sp³-hybridized carbons (Fsp3) is 0.680. The number of aromatic hydroxyl groups is 1. The van der Waals surface area contributed by atoms with Crippen LogP contribution in [0.15, 0.2) is 12.1 Å². The van der Waals surface area contributed by atoms with Crippen LogP contribution in [-0.2, 0) is 20.4 Å². The lowest BCUT2D eigenvalue weighted by atomic mass is 9.78. The zero-order valence-corrected chi connectivity index (χ0v) is 20.0. The normalized spacial score (nSPS) is 20.6. The number of hydrogen-bond donors (Lipinski definition) is 1. The molecule has 2 amide bonds. The molecule has 3 rings (SSSR count). The average molecular weight is 431 g/mol. The maximum Gasteiger partial charge on any atom is 0.253 e. The van der Waals surface area contributed by atoms with Crippen molar-refractivity contribution in [2.45, 2.75) is 65.2 Å². The summed E-state index contributed by atoms with van der Waals surface area (Å²) in [6, 6.07) is 3.67. The van der Waals surface area contributed by atoms with E-state index in [1.54, 1.807) is 0 Å². The number of hydrogen-bond acceptors (Lipinski definition) is 4. The molecule has 1 atom stereocenters. The van der Waals surface area contributed by atoms with Crippen LogP contribution in [0.5, 0.6) is 5.75 Å². The lowest BCUT2D eigenvalue weighted by Gasteiger charge is -2.36. The van der Waals surface area contributed by atoms with Gasteiger partial charge in [0.15, 0.2) is 0 Å². The molecule has 6 heteroatoms. The Morgan fingerprint density at radius 1 is 0.935 bits per heavy atom. The van der Waals surface area contributed by atoms with E-state index in [0.29, 0.717) is 45.0 Å². The minimum Gasteiger partial charge on any atom is -0.507 e. The van der Waals surface area contributed by atoms with E-state index in [4.69, 9.17) is 4.74 Å². The predicted octanol–water partition coefficient (Wildman–Crippen LogP) is 3.70. The van der Waals surface area contributed by atoms with Crippen molar-refractivity contribution in [1.82, 2.24) is 9.80 Å². The quantitative estimate of drug-likeness (QED) is 0.777. The van der Waals surface area contributed by atoms with Crippen LogP contribution in [-0.4, -0.2) is 66.1 Å². The molecule has 0 aromatic heterocycles. The lowest BCUT2D eigenvalue weighted by Crippen LogP contribution is -2.49. The molecule has 1 aromatic carbocycles. The number of benzene rings is 1.